The normalized spacial score (nSPS) is 11.7. The Morgan fingerprint density at radius 2 is 1.09 bits per heavy atom. The number of nitrogens with zero attached hydrogens (tertiary/aromatic N) is 2. The van der Waals surface area contributed by atoms with Gasteiger partial charge in [0.2, 0.25) is 5.89 Å². The minimum absolute atomic E-state index is 0.601. The fraction of sp³-hybridized carbons (Fsp3) is 0. The van der Waals surface area contributed by atoms with E-state index in [9.17, 15) is 0 Å². The highest BCUT2D eigenvalue weighted by Gasteiger charge is 2.22. The Bertz CT molecular complexity index is 2300. The number of aromatic nitrogens is 1. The summed E-state index contributed by atoms with van der Waals surface area (Å²) >= 11 is 0. The fourth-order valence-corrected chi connectivity index (χ4v) is 6.35. The molecule has 0 aliphatic rings. The van der Waals surface area contributed by atoms with Gasteiger partial charge in [-0.05, 0) is 60.2 Å². The Kier molecular flexibility index (Phi) is 5.16. The minimum atomic E-state index is 0.601. The van der Waals surface area contributed by atoms with E-state index in [0.717, 1.165) is 72.0 Å². The van der Waals surface area contributed by atoms with Gasteiger partial charge in [-0.3, -0.25) is 0 Å². The van der Waals surface area contributed by atoms with Crippen LogP contribution >= 0.6 is 0 Å². The lowest BCUT2D eigenvalue weighted by Crippen LogP contribution is -2.11. The quantitative estimate of drug-likeness (QED) is 0.199. The number of rotatable bonds is 5. The van der Waals surface area contributed by atoms with E-state index in [4.69, 9.17) is 13.8 Å². The smallest absolute Gasteiger partial charge is 0.227 e. The second-order valence-corrected chi connectivity index (χ2v) is 10.8. The third-order valence-corrected chi connectivity index (χ3v) is 8.27. The van der Waals surface area contributed by atoms with E-state index in [1.165, 1.54) is 5.56 Å². The molecule has 43 heavy (non-hydrogen) atoms. The van der Waals surface area contributed by atoms with Crippen molar-refractivity contribution in [1.29, 1.82) is 0 Å². The molecular formula is C39H24N2O2. The molecule has 0 aliphatic carbocycles. The monoisotopic (exact) mass is 552 g/mol. The largest absolute Gasteiger partial charge is 0.456 e. The number of fused-ring (bicyclic) bond motifs is 3. The average molecular weight is 553 g/mol. The van der Waals surface area contributed by atoms with Crippen LogP contribution < -0.4 is 4.90 Å². The van der Waals surface area contributed by atoms with Crippen molar-refractivity contribution in [2.45, 2.75) is 0 Å². The van der Waals surface area contributed by atoms with E-state index >= 15 is 0 Å². The molecule has 4 nitrogen and oxygen atoms in total. The number of para-hydroxylation sites is 2. The first-order valence-electron chi connectivity index (χ1n) is 14.4. The van der Waals surface area contributed by atoms with E-state index in [0.29, 0.717) is 5.89 Å². The summed E-state index contributed by atoms with van der Waals surface area (Å²) in [5.41, 5.74) is 9.88. The molecule has 4 heteroatoms. The molecule has 0 unspecified atom stereocenters. The fourth-order valence-electron chi connectivity index (χ4n) is 6.35. The molecule has 2 aromatic heterocycles. The summed E-state index contributed by atoms with van der Waals surface area (Å²) in [6.45, 7) is 0. The number of hydrogen-bond acceptors (Lipinski definition) is 4. The Morgan fingerprint density at radius 3 is 1.86 bits per heavy atom. The molecule has 7 aromatic carbocycles. The summed E-state index contributed by atoms with van der Waals surface area (Å²) in [6, 6.07) is 50.3. The van der Waals surface area contributed by atoms with Crippen LogP contribution in [-0.4, -0.2) is 4.98 Å². The Hall–Kier alpha value is -5.87. The van der Waals surface area contributed by atoms with Gasteiger partial charge in [-0.2, -0.15) is 0 Å². The summed E-state index contributed by atoms with van der Waals surface area (Å²) in [7, 11) is 0. The van der Waals surface area contributed by atoms with Crippen LogP contribution in [0.15, 0.2) is 154 Å². The molecule has 0 N–H and O–H groups in total. The SMILES string of the molecule is c1ccc(-c2ccccc2N(c2ccccc2)c2ccc(-c3nc4c5cccc6oc7cccc(c4o3)c7c65)cc2)cc1. The number of oxazole rings is 1. The van der Waals surface area contributed by atoms with Crippen LogP contribution in [-0.2, 0) is 0 Å². The number of anilines is 3. The van der Waals surface area contributed by atoms with Crippen molar-refractivity contribution in [3.8, 4) is 22.6 Å². The van der Waals surface area contributed by atoms with Gasteiger partial charge >= 0.3 is 0 Å². The van der Waals surface area contributed by atoms with Gasteiger partial charge < -0.3 is 13.7 Å². The van der Waals surface area contributed by atoms with Crippen molar-refractivity contribution < 1.29 is 8.83 Å². The number of furan rings is 1. The van der Waals surface area contributed by atoms with Crippen LogP contribution in [0, 0.1) is 0 Å². The maximum absolute atomic E-state index is 6.52. The Balaban J connectivity index is 1.19. The van der Waals surface area contributed by atoms with Gasteiger partial charge in [0, 0.05) is 44.0 Å². The molecule has 0 saturated carbocycles. The molecule has 9 aromatic rings. The Morgan fingerprint density at radius 1 is 0.465 bits per heavy atom. The van der Waals surface area contributed by atoms with Crippen molar-refractivity contribution in [3.63, 3.8) is 0 Å². The molecular weight excluding hydrogens is 528 g/mol. The molecule has 0 spiro atoms. The van der Waals surface area contributed by atoms with Gasteiger partial charge in [-0.15, -0.1) is 0 Å². The van der Waals surface area contributed by atoms with Gasteiger partial charge in [0.05, 0.1) is 5.69 Å². The second-order valence-electron chi connectivity index (χ2n) is 10.8. The van der Waals surface area contributed by atoms with Crippen LogP contribution in [0.1, 0.15) is 0 Å². The highest BCUT2D eigenvalue weighted by Crippen LogP contribution is 2.44. The molecule has 0 atom stereocenters. The molecule has 202 valence electrons. The van der Waals surface area contributed by atoms with E-state index in [1.807, 2.05) is 30.3 Å². The molecule has 2 heterocycles. The molecule has 0 fully saturated rings. The lowest BCUT2D eigenvalue weighted by atomic mass is 10.0. The van der Waals surface area contributed by atoms with E-state index in [2.05, 4.69) is 120 Å². The van der Waals surface area contributed by atoms with Crippen molar-refractivity contribution >= 4 is 60.9 Å². The number of benzene rings is 7. The third-order valence-electron chi connectivity index (χ3n) is 8.27. The van der Waals surface area contributed by atoms with Gasteiger partial charge in [0.1, 0.15) is 16.7 Å². The first-order chi connectivity index (χ1) is 21.3. The van der Waals surface area contributed by atoms with Crippen LogP contribution in [0.3, 0.4) is 0 Å². The average Bonchev–Trinajstić information content (AvgIpc) is 3.70. The summed E-state index contributed by atoms with van der Waals surface area (Å²) in [5.74, 6) is 0.601. The zero-order chi connectivity index (χ0) is 28.3. The molecule has 0 aliphatic heterocycles. The van der Waals surface area contributed by atoms with Crippen molar-refractivity contribution in [3.05, 3.63) is 146 Å². The van der Waals surface area contributed by atoms with Crippen LogP contribution in [0.5, 0.6) is 0 Å². The third kappa shape index (κ3) is 3.67. The van der Waals surface area contributed by atoms with Crippen LogP contribution in [0.2, 0.25) is 0 Å². The second kappa shape index (κ2) is 9.33. The molecule has 9 rings (SSSR count). The highest BCUT2D eigenvalue weighted by atomic mass is 16.3. The lowest BCUT2D eigenvalue weighted by molar-refractivity contribution is 0.623. The Labute approximate surface area is 247 Å². The molecule has 0 radical (unpaired) electrons. The molecule has 0 bridgehead atoms. The van der Waals surface area contributed by atoms with E-state index in [1.54, 1.807) is 0 Å². The zero-order valence-corrected chi connectivity index (χ0v) is 23.1. The van der Waals surface area contributed by atoms with Crippen molar-refractivity contribution in [2.24, 2.45) is 0 Å². The highest BCUT2D eigenvalue weighted by molar-refractivity contribution is 6.31. The van der Waals surface area contributed by atoms with Crippen molar-refractivity contribution in [1.82, 2.24) is 4.98 Å². The summed E-state index contributed by atoms with van der Waals surface area (Å²) in [6.07, 6.45) is 0. The maximum atomic E-state index is 6.52. The van der Waals surface area contributed by atoms with Gasteiger partial charge in [-0.1, -0.05) is 91.0 Å². The predicted molar refractivity (Wildman–Crippen MR) is 176 cm³/mol. The molecule has 0 amide bonds. The van der Waals surface area contributed by atoms with Gasteiger partial charge in [0.25, 0.3) is 0 Å². The van der Waals surface area contributed by atoms with Crippen LogP contribution in [0.4, 0.5) is 17.1 Å². The maximum Gasteiger partial charge on any atom is 0.227 e. The first-order valence-corrected chi connectivity index (χ1v) is 14.4. The predicted octanol–water partition coefficient (Wildman–Crippen LogP) is 11.1. The van der Waals surface area contributed by atoms with E-state index in [-0.39, 0.29) is 0 Å². The number of hydrogen-bond donors (Lipinski definition) is 0. The zero-order valence-electron chi connectivity index (χ0n) is 23.1. The first kappa shape index (κ1) is 23.8. The lowest BCUT2D eigenvalue weighted by Gasteiger charge is -2.28. The standard InChI is InChI=1S/C39H24N2O2/c1-3-11-25(12-4-1)29-15-7-8-18-32(29)41(27-13-5-2-6-14-27)28-23-21-26(22-24-28)39-40-37-30-16-9-19-33-35(30)36-31(38(37)43-39)17-10-20-34(36)42-33/h1-24H. The van der Waals surface area contributed by atoms with Gasteiger partial charge in [0.15, 0.2) is 5.58 Å². The summed E-state index contributed by atoms with van der Waals surface area (Å²) < 4.78 is 12.7. The summed E-state index contributed by atoms with van der Waals surface area (Å²) in [5, 5.41) is 4.26. The van der Waals surface area contributed by atoms with Crippen LogP contribution in [0.25, 0.3) is 66.4 Å². The topological polar surface area (TPSA) is 42.4 Å². The van der Waals surface area contributed by atoms with Gasteiger partial charge in [-0.25, -0.2) is 4.98 Å². The summed E-state index contributed by atoms with van der Waals surface area (Å²) in [4.78, 5) is 7.33. The van der Waals surface area contributed by atoms with E-state index < -0.39 is 0 Å². The van der Waals surface area contributed by atoms with Crippen molar-refractivity contribution in [2.75, 3.05) is 4.90 Å². The molecule has 0 saturated heterocycles. The minimum Gasteiger partial charge on any atom is -0.456 e.